The molecule has 2 aromatic rings. The summed E-state index contributed by atoms with van der Waals surface area (Å²) >= 11 is 0. The molecule has 24 heavy (non-hydrogen) atoms. The average Bonchev–Trinajstić information content (AvgIpc) is 3.04. The van der Waals surface area contributed by atoms with Crippen molar-refractivity contribution in [2.45, 2.75) is 26.7 Å². The van der Waals surface area contributed by atoms with Gasteiger partial charge >= 0.3 is 0 Å². The lowest BCUT2D eigenvalue weighted by molar-refractivity contribution is 0.0296. The van der Waals surface area contributed by atoms with Gasteiger partial charge in [0.1, 0.15) is 12.1 Å². The molecule has 4 rings (SSSR count). The molecule has 0 spiro atoms. The molecule has 4 heterocycles. The topological polar surface area (TPSA) is 58.8 Å². The van der Waals surface area contributed by atoms with Crippen LogP contribution in [0.2, 0.25) is 0 Å². The molecule has 2 aliphatic rings. The summed E-state index contributed by atoms with van der Waals surface area (Å²) in [7, 11) is 0. The Morgan fingerprint density at radius 3 is 2.88 bits per heavy atom. The van der Waals surface area contributed by atoms with Crippen molar-refractivity contribution in [3.8, 4) is 0 Å². The smallest absolute Gasteiger partial charge is 0.254 e. The number of hydrogen-bond acceptors (Lipinski definition) is 6. The van der Waals surface area contributed by atoms with Gasteiger partial charge in [0.25, 0.3) is 5.78 Å². The molecule has 2 aromatic heterocycles. The van der Waals surface area contributed by atoms with Crippen molar-refractivity contribution < 1.29 is 4.74 Å². The quantitative estimate of drug-likeness (QED) is 0.845. The summed E-state index contributed by atoms with van der Waals surface area (Å²) in [6.07, 6.45) is 4.13. The number of aromatic nitrogens is 4. The van der Waals surface area contributed by atoms with Crippen LogP contribution in [0.15, 0.2) is 6.33 Å². The maximum Gasteiger partial charge on any atom is 0.254 e. The number of hydrogen-bond donors (Lipinski definition) is 0. The Kier molecular flexibility index (Phi) is 4.37. The van der Waals surface area contributed by atoms with Crippen LogP contribution in [0.1, 0.15) is 24.1 Å². The van der Waals surface area contributed by atoms with Crippen LogP contribution in [0.25, 0.3) is 5.78 Å². The average molecular weight is 330 g/mol. The van der Waals surface area contributed by atoms with Gasteiger partial charge in [-0.3, -0.25) is 4.90 Å². The molecule has 0 radical (unpaired) electrons. The number of nitrogens with zero attached hydrogens (tertiary/aromatic N) is 6. The molecule has 0 bridgehead atoms. The van der Waals surface area contributed by atoms with E-state index < -0.39 is 0 Å². The van der Waals surface area contributed by atoms with Gasteiger partial charge in [-0.25, -0.2) is 4.98 Å². The van der Waals surface area contributed by atoms with Gasteiger partial charge in [0.2, 0.25) is 0 Å². The molecule has 1 atom stereocenters. The minimum atomic E-state index is 0.697. The zero-order valence-electron chi connectivity index (χ0n) is 14.6. The Balaban J connectivity index is 1.55. The SMILES string of the molecule is Cc1nc2ncnn2c(N2CCCC(CN3CCOCC3)C2)c1C. The summed E-state index contributed by atoms with van der Waals surface area (Å²) in [4.78, 5) is 13.9. The van der Waals surface area contributed by atoms with E-state index in [-0.39, 0.29) is 0 Å². The van der Waals surface area contributed by atoms with E-state index in [2.05, 4.69) is 38.7 Å². The highest BCUT2D eigenvalue weighted by atomic mass is 16.5. The second kappa shape index (κ2) is 6.64. The van der Waals surface area contributed by atoms with Crippen LogP contribution in [0.5, 0.6) is 0 Å². The Morgan fingerprint density at radius 2 is 2.04 bits per heavy atom. The third-order valence-corrected chi connectivity index (χ3v) is 5.31. The van der Waals surface area contributed by atoms with E-state index in [1.165, 1.54) is 30.8 Å². The molecule has 7 heteroatoms. The standard InChI is InChI=1S/C17H26N6O/c1-13-14(2)20-17-18-12-19-23(17)16(13)22-5-3-4-15(11-22)10-21-6-8-24-9-7-21/h12,15H,3-11H2,1-2H3. The van der Waals surface area contributed by atoms with Gasteiger partial charge < -0.3 is 9.64 Å². The van der Waals surface area contributed by atoms with Gasteiger partial charge in [-0.15, -0.1) is 0 Å². The Morgan fingerprint density at radius 1 is 1.21 bits per heavy atom. The number of aryl methyl sites for hydroxylation is 1. The largest absolute Gasteiger partial charge is 0.379 e. The van der Waals surface area contributed by atoms with Crippen LogP contribution in [0.4, 0.5) is 5.82 Å². The van der Waals surface area contributed by atoms with Gasteiger partial charge in [-0.05, 0) is 32.6 Å². The summed E-state index contributed by atoms with van der Waals surface area (Å²) in [6, 6.07) is 0. The fourth-order valence-corrected chi connectivity index (χ4v) is 3.94. The number of ether oxygens (including phenoxy) is 1. The molecule has 0 amide bonds. The Bertz CT molecular complexity index is 708. The normalized spacial score (nSPS) is 23.1. The molecule has 0 N–H and O–H groups in total. The number of morpholine rings is 1. The second-order valence-corrected chi connectivity index (χ2v) is 6.98. The molecule has 2 saturated heterocycles. The molecular formula is C17H26N6O. The third kappa shape index (κ3) is 2.98. The van der Waals surface area contributed by atoms with Crippen molar-refractivity contribution in [2.24, 2.45) is 5.92 Å². The molecule has 0 saturated carbocycles. The lowest BCUT2D eigenvalue weighted by Crippen LogP contribution is -2.45. The predicted molar refractivity (Wildman–Crippen MR) is 92.5 cm³/mol. The lowest BCUT2D eigenvalue weighted by atomic mass is 9.96. The first kappa shape index (κ1) is 15.8. The first-order chi connectivity index (χ1) is 11.7. The minimum Gasteiger partial charge on any atom is -0.379 e. The van der Waals surface area contributed by atoms with Gasteiger partial charge in [0.05, 0.1) is 13.2 Å². The van der Waals surface area contributed by atoms with Crippen LogP contribution in [-0.2, 0) is 4.74 Å². The Labute approximate surface area is 142 Å². The molecule has 1 unspecified atom stereocenters. The van der Waals surface area contributed by atoms with Crippen molar-refractivity contribution in [1.29, 1.82) is 0 Å². The number of piperidine rings is 1. The highest BCUT2D eigenvalue weighted by Gasteiger charge is 2.26. The fraction of sp³-hybridized carbons (Fsp3) is 0.706. The van der Waals surface area contributed by atoms with Crippen molar-refractivity contribution in [3.05, 3.63) is 17.6 Å². The molecular weight excluding hydrogens is 304 g/mol. The summed E-state index contributed by atoms with van der Waals surface area (Å²) in [5.41, 5.74) is 2.25. The van der Waals surface area contributed by atoms with Gasteiger partial charge in [0, 0.05) is 44.0 Å². The zero-order chi connectivity index (χ0) is 16.5. The summed E-state index contributed by atoms with van der Waals surface area (Å²) in [5, 5.41) is 4.41. The lowest BCUT2D eigenvalue weighted by Gasteiger charge is -2.38. The highest BCUT2D eigenvalue weighted by molar-refractivity contribution is 5.54. The van der Waals surface area contributed by atoms with Crippen LogP contribution in [0, 0.1) is 19.8 Å². The van der Waals surface area contributed by atoms with Gasteiger partial charge in [-0.1, -0.05) is 0 Å². The van der Waals surface area contributed by atoms with E-state index in [1.807, 2.05) is 4.52 Å². The number of anilines is 1. The molecule has 0 aliphatic carbocycles. The van der Waals surface area contributed by atoms with Crippen LogP contribution in [0.3, 0.4) is 0 Å². The molecule has 130 valence electrons. The zero-order valence-corrected chi connectivity index (χ0v) is 14.6. The van der Waals surface area contributed by atoms with Crippen molar-refractivity contribution in [3.63, 3.8) is 0 Å². The van der Waals surface area contributed by atoms with E-state index in [0.29, 0.717) is 11.7 Å². The molecule has 2 fully saturated rings. The van der Waals surface area contributed by atoms with E-state index >= 15 is 0 Å². The number of rotatable bonds is 3. The fourth-order valence-electron chi connectivity index (χ4n) is 3.94. The van der Waals surface area contributed by atoms with Crippen molar-refractivity contribution >= 4 is 11.6 Å². The summed E-state index contributed by atoms with van der Waals surface area (Å²) in [6.45, 7) is 11.4. The van der Waals surface area contributed by atoms with Crippen LogP contribution >= 0.6 is 0 Å². The van der Waals surface area contributed by atoms with Gasteiger partial charge in [-0.2, -0.15) is 14.6 Å². The minimum absolute atomic E-state index is 0.697. The Hall–Kier alpha value is -1.73. The molecule has 7 nitrogen and oxygen atoms in total. The predicted octanol–water partition coefficient (Wildman–Crippen LogP) is 1.29. The molecule has 2 aliphatic heterocycles. The van der Waals surface area contributed by atoms with Crippen LogP contribution < -0.4 is 4.90 Å². The monoisotopic (exact) mass is 330 g/mol. The van der Waals surface area contributed by atoms with Gasteiger partial charge in [0.15, 0.2) is 0 Å². The summed E-state index contributed by atoms with van der Waals surface area (Å²) < 4.78 is 7.37. The summed E-state index contributed by atoms with van der Waals surface area (Å²) in [5.74, 6) is 2.56. The van der Waals surface area contributed by atoms with E-state index in [0.717, 1.165) is 45.1 Å². The molecule has 0 aromatic carbocycles. The third-order valence-electron chi connectivity index (χ3n) is 5.31. The van der Waals surface area contributed by atoms with E-state index in [1.54, 1.807) is 6.33 Å². The first-order valence-electron chi connectivity index (χ1n) is 8.94. The van der Waals surface area contributed by atoms with Crippen molar-refractivity contribution in [1.82, 2.24) is 24.5 Å². The van der Waals surface area contributed by atoms with E-state index in [4.69, 9.17) is 4.74 Å². The van der Waals surface area contributed by atoms with Crippen molar-refractivity contribution in [2.75, 3.05) is 50.8 Å². The first-order valence-corrected chi connectivity index (χ1v) is 8.94. The van der Waals surface area contributed by atoms with E-state index in [9.17, 15) is 0 Å². The van der Waals surface area contributed by atoms with Crippen LogP contribution in [-0.4, -0.2) is 70.4 Å². The number of fused-ring (bicyclic) bond motifs is 1. The maximum absolute atomic E-state index is 5.47. The maximum atomic E-state index is 5.47. The second-order valence-electron chi connectivity index (χ2n) is 6.98. The highest BCUT2D eigenvalue weighted by Crippen LogP contribution is 2.27.